The zero-order valence-electron chi connectivity index (χ0n) is 9.83. The lowest BCUT2D eigenvalue weighted by Crippen LogP contribution is -2.67. The summed E-state index contributed by atoms with van der Waals surface area (Å²) in [4.78, 5) is 9.47. The molecule has 0 amide bonds. The fraction of sp³-hybridized carbons (Fsp3) is 0.636. The predicted octanol–water partition coefficient (Wildman–Crippen LogP) is 1.35. The largest absolute Gasteiger partial charge is 0.433 e. The zero-order chi connectivity index (χ0) is 12.9. The van der Waals surface area contributed by atoms with Gasteiger partial charge in [0, 0.05) is 31.2 Å². The van der Waals surface area contributed by atoms with Gasteiger partial charge in [0.1, 0.15) is 17.3 Å². The molecular weight excluding hydrogens is 245 g/mol. The molecule has 7 heteroatoms. The van der Waals surface area contributed by atoms with E-state index in [-0.39, 0.29) is 5.82 Å². The fourth-order valence-electron chi connectivity index (χ4n) is 2.56. The van der Waals surface area contributed by atoms with E-state index in [2.05, 4.69) is 15.3 Å². The normalized spacial score (nSPS) is 27.0. The number of nitrogens with zero attached hydrogens (tertiary/aromatic N) is 3. The summed E-state index contributed by atoms with van der Waals surface area (Å²) in [5, 5.41) is 3.33. The number of nitrogens with one attached hydrogen (secondary N) is 1. The van der Waals surface area contributed by atoms with Crippen LogP contribution in [0.3, 0.4) is 0 Å². The molecule has 3 aliphatic heterocycles. The number of anilines is 1. The molecule has 2 bridgehead atoms. The Morgan fingerprint density at radius 3 is 2.44 bits per heavy atom. The first kappa shape index (κ1) is 11.7. The molecule has 3 fully saturated rings. The van der Waals surface area contributed by atoms with Gasteiger partial charge in [-0.05, 0) is 13.3 Å². The van der Waals surface area contributed by atoms with E-state index < -0.39 is 11.9 Å². The maximum Gasteiger partial charge on any atom is 0.433 e. The molecule has 2 unspecified atom stereocenters. The van der Waals surface area contributed by atoms with E-state index in [1.54, 1.807) is 0 Å². The second-order valence-corrected chi connectivity index (χ2v) is 4.86. The second kappa shape index (κ2) is 3.81. The third-order valence-electron chi connectivity index (χ3n) is 3.36. The Morgan fingerprint density at radius 1 is 1.28 bits per heavy atom. The molecule has 18 heavy (non-hydrogen) atoms. The van der Waals surface area contributed by atoms with Crippen LogP contribution in [0.4, 0.5) is 19.0 Å². The Kier molecular flexibility index (Phi) is 2.48. The molecule has 4 heterocycles. The number of halogens is 3. The predicted molar refractivity (Wildman–Crippen MR) is 59.3 cm³/mol. The van der Waals surface area contributed by atoms with Gasteiger partial charge in [0.2, 0.25) is 0 Å². The molecule has 0 radical (unpaired) electrons. The van der Waals surface area contributed by atoms with Crippen LogP contribution in [0.25, 0.3) is 0 Å². The minimum Gasteiger partial charge on any atom is -0.353 e. The highest BCUT2D eigenvalue weighted by Gasteiger charge is 2.38. The number of piperidine rings is 1. The molecule has 4 nitrogen and oxygen atoms in total. The Hall–Kier alpha value is -1.37. The number of fused-ring (bicyclic) bond motifs is 2. The van der Waals surface area contributed by atoms with Crippen LogP contribution in [0.5, 0.6) is 0 Å². The number of piperazine rings is 1. The van der Waals surface area contributed by atoms with Crippen LogP contribution in [-0.2, 0) is 6.18 Å². The van der Waals surface area contributed by atoms with E-state index in [9.17, 15) is 13.2 Å². The summed E-state index contributed by atoms with van der Waals surface area (Å²) in [6.07, 6.45) is -3.31. The van der Waals surface area contributed by atoms with Gasteiger partial charge < -0.3 is 10.2 Å². The maximum absolute atomic E-state index is 12.7. The van der Waals surface area contributed by atoms with Gasteiger partial charge in [-0.2, -0.15) is 13.2 Å². The van der Waals surface area contributed by atoms with Gasteiger partial charge in [0.25, 0.3) is 0 Å². The van der Waals surface area contributed by atoms with Crippen molar-refractivity contribution in [3.8, 4) is 0 Å². The van der Waals surface area contributed by atoms with E-state index >= 15 is 0 Å². The lowest BCUT2D eigenvalue weighted by atomic mass is 9.91. The van der Waals surface area contributed by atoms with Crippen LogP contribution in [0.2, 0.25) is 0 Å². The third-order valence-corrected chi connectivity index (χ3v) is 3.36. The Morgan fingerprint density at radius 2 is 1.89 bits per heavy atom. The van der Waals surface area contributed by atoms with Gasteiger partial charge in [-0.1, -0.05) is 0 Å². The molecule has 4 rings (SSSR count). The van der Waals surface area contributed by atoms with Crippen molar-refractivity contribution in [2.24, 2.45) is 0 Å². The maximum atomic E-state index is 12.7. The fourth-order valence-corrected chi connectivity index (χ4v) is 2.56. The number of aryl methyl sites for hydroxylation is 1. The van der Waals surface area contributed by atoms with Crippen molar-refractivity contribution in [1.82, 2.24) is 15.3 Å². The van der Waals surface area contributed by atoms with E-state index in [0.717, 1.165) is 12.5 Å². The van der Waals surface area contributed by atoms with Crippen molar-refractivity contribution in [3.63, 3.8) is 0 Å². The molecule has 2 atom stereocenters. The monoisotopic (exact) mass is 258 g/mol. The zero-order valence-corrected chi connectivity index (χ0v) is 9.83. The first-order chi connectivity index (χ1) is 8.41. The van der Waals surface area contributed by atoms with Gasteiger partial charge in [0.05, 0.1) is 0 Å². The second-order valence-electron chi connectivity index (χ2n) is 4.86. The van der Waals surface area contributed by atoms with Crippen molar-refractivity contribution in [2.75, 3.05) is 18.0 Å². The SMILES string of the molecule is Cc1nc(N2CC3CC(C2)N3)cc(C(F)(F)F)n1. The molecular formula is C11H13F3N4. The summed E-state index contributed by atoms with van der Waals surface area (Å²) in [6.45, 7) is 2.91. The van der Waals surface area contributed by atoms with Gasteiger partial charge in [-0.25, -0.2) is 9.97 Å². The standard InChI is InChI=1S/C11H13F3N4/c1-6-15-9(11(12,13)14)3-10(16-6)18-4-7-2-8(5-18)17-7/h3,7-8,17H,2,4-5H2,1H3. The number of hydrogen-bond acceptors (Lipinski definition) is 4. The van der Waals surface area contributed by atoms with Crippen LogP contribution < -0.4 is 10.2 Å². The number of rotatable bonds is 1. The van der Waals surface area contributed by atoms with Crippen molar-refractivity contribution in [2.45, 2.75) is 31.6 Å². The van der Waals surface area contributed by atoms with Crippen molar-refractivity contribution in [1.29, 1.82) is 0 Å². The van der Waals surface area contributed by atoms with Gasteiger partial charge in [-0.3, -0.25) is 0 Å². The molecule has 0 aliphatic carbocycles. The third kappa shape index (κ3) is 2.03. The first-order valence-electron chi connectivity index (χ1n) is 5.86. The smallest absolute Gasteiger partial charge is 0.353 e. The topological polar surface area (TPSA) is 41.1 Å². The molecule has 0 spiro atoms. The molecule has 3 saturated heterocycles. The molecule has 1 aromatic heterocycles. The Bertz CT molecular complexity index is 458. The van der Waals surface area contributed by atoms with Gasteiger partial charge >= 0.3 is 6.18 Å². The highest BCUT2D eigenvalue weighted by molar-refractivity contribution is 5.43. The molecule has 0 saturated carbocycles. The number of aromatic nitrogens is 2. The Labute approximate surface area is 102 Å². The van der Waals surface area contributed by atoms with E-state index in [1.165, 1.54) is 6.92 Å². The van der Waals surface area contributed by atoms with Crippen LogP contribution in [-0.4, -0.2) is 35.1 Å². The number of hydrogen-bond donors (Lipinski definition) is 1. The first-order valence-corrected chi connectivity index (χ1v) is 5.86. The molecule has 3 aliphatic rings. The van der Waals surface area contributed by atoms with Crippen molar-refractivity contribution < 1.29 is 13.2 Å². The minimum absolute atomic E-state index is 0.159. The van der Waals surface area contributed by atoms with Crippen LogP contribution >= 0.6 is 0 Å². The number of alkyl halides is 3. The molecule has 1 N–H and O–H groups in total. The lowest BCUT2D eigenvalue weighted by Gasteiger charge is -2.48. The highest BCUT2D eigenvalue weighted by Crippen LogP contribution is 2.31. The van der Waals surface area contributed by atoms with Crippen LogP contribution in [0.15, 0.2) is 6.07 Å². The summed E-state index contributed by atoms with van der Waals surface area (Å²) in [5.41, 5.74) is -0.864. The van der Waals surface area contributed by atoms with Crippen molar-refractivity contribution in [3.05, 3.63) is 17.6 Å². The molecule has 98 valence electrons. The lowest BCUT2D eigenvalue weighted by molar-refractivity contribution is -0.141. The summed E-state index contributed by atoms with van der Waals surface area (Å²) in [6, 6.07) is 1.80. The van der Waals surface area contributed by atoms with E-state index in [1.807, 2.05) is 4.90 Å². The quantitative estimate of drug-likeness (QED) is 0.825. The van der Waals surface area contributed by atoms with E-state index in [4.69, 9.17) is 0 Å². The van der Waals surface area contributed by atoms with Crippen molar-refractivity contribution >= 4 is 5.82 Å². The summed E-state index contributed by atoms with van der Waals surface area (Å²) in [7, 11) is 0. The van der Waals surface area contributed by atoms with Gasteiger partial charge in [-0.15, -0.1) is 0 Å². The van der Waals surface area contributed by atoms with Crippen LogP contribution in [0, 0.1) is 6.92 Å². The average molecular weight is 258 g/mol. The summed E-state index contributed by atoms with van der Waals surface area (Å²) in [5.74, 6) is 0.540. The molecule has 0 aromatic carbocycles. The average Bonchev–Trinajstić information content (AvgIpc) is 2.26. The van der Waals surface area contributed by atoms with E-state index in [0.29, 0.717) is 31.0 Å². The Balaban J connectivity index is 1.90. The molecule has 1 aromatic rings. The minimum atomic E-state index is -4.42. The van der Waals surface area contributed by atoms with Crippen LogP contribution in [0.1, 0.15) is 17.9 Å². The summed E-state index contributed by atoms with van der Waals surface area (Å²) < 4.78 is 38.0. The highest BCUT2D eigenvalue weighted by atomic mass is 19.4. The summed E-state index contributed by atoms with van der Waals surface area (Å²) >= 11 is 0. The van der Waals surface area contributed by atoms with Gasteiger partial charge in [0.15, 0.2) is 0 Å².